The minimum absolute atomic E-state index is 0.0227. The fourth-order valence-electron chi connectivity index (χ4n) is 4.01. The molecule has 1 amide bonds. The number of benzene rings is 1. The summed E-state index contributed by atoms with van der Waals surface area (Å²) < 4.78 is 5.48. The van der Waals surface area contributed by atoms with Gasteiger partial charge in [-0.1, -0.05) is 30.2 Å². The van der Waals surface area contributed by atoms with Crippen molar-refractivity contribution in [3.63, 3.8) is 0 Å². The molecule has 2 saturated carbocycles. The summed E-state index contributed by atoms with van der Waals surface area (Å²) in [6.45, 7) is 2.15. The van der Waals surface area contributed by atoms with Crippen LogP contribution in [0.4, 0.5) is 0 Å². The van der Waals surface area contributed by atoms with E-state index in [1.807, 2.05) is 12.1 Å². The smallest absolute Gasteiger partial charge is 0.258 e. The third kappa shape index (κ3) is 3.34. The molecule has 0 radical (unpaired) electrons. The molecular formula is C17H22ClNO2. The van der Waals surface area contributed by atoms with E-state index in [-0.39, 0.29) is 18.6 Å². The number of halogens is 1. The van der Waals surface area contributed by atoms with Crippen LogP contribution in [0.15, 0.2) is 24.3 Å². The van der Waals surface area contributed by atoms with E-state index in [0.29, 0.717) is 16.7 Å². The van der Waals surface area contributed by atoms with E-state index >= 15 is 0 Å². The van der Waals surface area contributed by atoms with Gasteiger partial charge >= 0.3 is 0 Å². The lowest BCUT2D eigenvalue weighted by atomic mass is 9.84. The van der Waals surface area contributed by atoms with Crippen molar-refractivity contribution >= 4 is 17.5 Å². The summed E-state index contributed by atoms with van der Waals surface area (Å²) in [6, 6.07) is 7.45. The minimum Gasteiger partial charge on any atom is -0.482 e. The number of carbonyl (C=O) groups is 1. The Morgan fingerprint density at radius 2 is 2.19 bits per heavy atom. The molecule has 4 heteroatoms. The first-order chi connectivity index (χ1) is 10.1. The second-order valence-electron chi connectivity index (χ2n) is 6.41. The minimum atomic E-state index is -0.0646. The van der Waals surface area contributed by atoms with Gasteiger partial charge in [-0.05, 0) is 56.1 Å². The van der Waals surface area contributed by atoms with Crippen molar-refractivity contribution in [1.29, 1.82) is 0 Å². The lowest BCUT2D eigenvalue weighted by Crippen LogP contribution is -2.42. The number of rotatable bonds is 5. The molecule has 2 bridgehead atoms. The molecule has 1 aromatic carbocycles. The van der Waals surface area contributed by atoms with E-state index < -0.39 is 0 Å². The van der Waals surface area contributed by atoms with Crippen molar-refractivity contribution in [2.75, 3.05) is 6.61 Å². The van der Waals surface area contributed by atoms with Gasteiger partial charge in [0.15, 0.2) is 6.61 Å². The Kier molecular flexibility index (Phi) is 4.39. The molecule has 1 aromatic rings. The van der Waals surface area contributed by atoms with Crippen molar-refractivity contribution in [2.24, 2.45) is 17.8 Å². The number of ether oxygens (including phenoxy) is 1. The Hall–Kier alpha value is -1.22. The number of amides is 1. The largest absolute Gasteiger partial charge is 0.482 e. The summed E-state index contributed by atoms with van der Waals surface area (Å²) in [5.41, 5.74) is 0. The van der Waals surface area contributed by atoms with Gasteiger partial charge in [-0.25, -0.2) is 0 Å². The summed E-state index contributed by atoms with van der Waals surface area (Å²) in [7, 11) is 0. The van der Waals surface area contributed by atoms with Gasteiger partial charge in [0.05, 0.1) is 5.02 Å². The fraction of sp³-hybridized carbons (Fsp3) is 0.588. The molecular weight excluding hydrogens is 286 g/mol. The van der Waals surface area contributed by atoms with Crippen LogP contribution < -0.4 is 10.1 Å². The van der Waals surface area contributed by atoms with Gasteiger partial charge < -0.3 is 10.1 Å². The number of hydrogen-bond donors (Lipinski definition) is 1. The monoisotopic (exact) mass is 307 g/mol. The highest BCUT2D eigenvalue weighted by atomic mass is 35.5. The van der Waals surface area contributed by atoms with Crippen LogP contribution in [0.2, 0.25) is 5.02 Å². The maximum Gasteiger partial charge on any atom is 0.258 e. The molecule has 0 aliphatic heterocycles. The van der Waals surface area contributed by atoms with Gasteiger partial charge in [0.1, 0.15) is 5.75 Å². The maximum atomic E-state index is 12.0. The number of fused-ring (bicyclic) bond motifs is 2. The van der Waals surface area contributed by atoms with Crippen LogP contribution in [0.3, 0.4) is 0 Å². The molecule has 2 fully saturated rings. The van der Waals surface area contributed by atoms with Crippen molar-refractivity contribution in [3.8, 4) is 5.75 Å². The highest BCUT2D eigenvalue weighted by molar-refractivity contribution is 6.32. The standard InChI is InChI=1S/C17H22ClNO2/c1-11(14-9-12-6-7-13(14)8-12)19-17(20)10-21-16-5-3-2-4-15(16)18/h2-5,11-14H,6-10H2,1H3,(H,19,20)/t11-,12-,13-,14+/m1/s1. The van der Waals surface area contributed by atoms with Crippen molar-refractivity contribution < 1.29 is 9.53 Å². The van der Waals surface area contributed by atoms with Crippen molar-refractivity contribution in [3.05, 3.63) is 29.3 Å². The normalized spacial score (nSPS) is 28.4. The van der Waals surface area contributed by atoms with Crippen LogP contribution in [-0.4, -0.2) is 18.6 Å². The molecule has 3 nitrogen and oxygen atoms in total. The van der Waals surface area contributed by atoms with Crippen LogP contribution in [0.5, 0.6) is 5.75 Å². The number of para-hydroxylation sites is 1. The van der Waals surface area contributed by atoms with E-state index in [9.17, 15) is 4.79 Å². The maximum absolute atomic E-state index is 12.0. The molecule has 0 aromatic heterocycles. The van der Waals surface area contributed by atoms with Gasteiger partial charge in [0, 0.05) is 6.04 Å². The summed E-state index contributed by atoms with van der Waals surface area (Å²) in [6.07, 6.45) is 5.36. The average Bonchev–Trinajstić information content (AvgIpc) is 3.09. The Morgan fingerprint density at radius 1 is 1.38 bits per heavy atom. The van der Waals surface area contributed by atoms with Gasteiger partial charge in [0.25, 0.3) is 5.91 Å². The van der Waals surface area contributed by atoms with Crippen LogP contribution >= 0.6 is 11.6 Å². The number of carbonyl (C=O) groups excluding carboxylic acids is 1. The molecule has 2 aliphatic rings. The lowest BCUT2D eigenvalue weighted by Gasteiger charge is -2.28. The van der Waals surface area contributed by atoms with Crippen LogP contribution in [0.1, 0.15) is 32.6 Å². The summed E-state index contributed by atoms with van der Waals surface area (Å²) in [4.78, 5) is 12.0. The molecule has 1 N–H and O–H groups in total. The summed E-state index contributed by atoms with van der Waals surface area (Å²) >= 11 is 6.00. The van der Waals surface area contributed by atoms with Crippen LogP contribution in [-0.2, 0) is 4.79 Å². The predicted molar refractivity (Wildman–Crippen MR) is 83.5 cm³/mol. The topological polar surface area (TPSA) is 38.3 Å². The van der Waals surface area contributed by atoms with E-state index in [0.717, 1.165) is 11.8 Å². The van der Waals surface area contributed by atoms with Crippen LogP contribution in [0.25, 0.3) is 0 Å². The Balaban J connectivity index is 1.47. The zero-order chi connectivity index (χ0) is 14.8. The first-order valence-corrected chi connectivity index (χ1v) is 8.18. The van der Waals surface area contributed by atoms with Gasteiger partial charge in [-0.3, -0.25) is 4.79 Å². The van der Waals surface area contributed by atoms with Crippen LogP contribution in [0, 0.1) is 17.8 Å². The molecule has 2 aliphatic carbocycles. The zero-order valence-electron chi connectivity index (χ0n) is 12.3. The van der Waals surface area contributed by atoms with Gasteiger partial charge in [-0.2, -0.15) is 0 Å². The van der Waals surface area contributed by atoms with Gasteiger partial charge in [0.2, 0.25) is 0 Å². The van der Waals surface area contributed by atoms with E-state index in [4.69, 9.17) is 16.3 Å². The second kappa shape index (κ2) is 6.27. The summed E-state index contributed by atoms with van der Waals surface area (Å²) in [5.74, 6) is 2.86. The number of hydrogen-bond acceptors (Lipinski definition) is 2. The molecule has 0 unspecified atom stereocenters. The molecule has 4 atom stereocenters. The van der Waals surface area contributed by atoms with Crippen molar-refractivity contribution in [2.45, 2.75) is 38.6 Å². The highest BCUT2D eigenvalue weighted by Crippen LogP contribution is 2.49. The highest BCUT2D eigenvalue weighted by Gasteiger charge is 2.42. The second-order valence-corrected chi connectivity index (χ2v) is 6.82. The molecule has 114 valence electrons. The van der Waals surface area contributed by atoms with E-state index in [1.165, 1.54) is 25.7 Å². The Bertz CT molecular complexity index is 519. The predicted octanol–water partition coefficient (Wildman–Crippen LogP) is 3.66. The molecule has 0 heterocycles. The van der Waals surface area contributed by atoms with Crippen molar-refractivity contribution in [1.82, 2.24) is 5.32 Å². The molecule has 21 heavy (non-hydrogen) atoms. The molecule has 0 spiro atoms. The Labute approximate surface area is 131 Å². The third-order valence-corrected chi connectivity index (χ3v) is 5.33. The average molecular weight is 308 g/mol. The summed E-state index contributed by atoms with van der Waals surface area (Å²) in [5, 5.41) is 3.62. The number of nitrogens with one attached hydrogen (secondary N) is 1. The first-order valence-electron chi connectivity index (χ1n) is 7.80. The fourth-order valence-corrected chi connectivity index (χ4v) is 4.20. The first kappa shape index (κ1) is 14.7. The zero-order valence-corrected chi connectivity index (χ0v) is 13.1. The van der Waals surface area contributed by atoms with Gasteiger partial charge in [-0.15, -0.1) is 0 Å². The van der Waals surface area contributed by atoms with E-state index in [1.54, 1.807) is 12.1 Å². The lowest BCUT2D eigenvalue weighted by molar-refractivity contribution is -0.124. The molecule has 0 saturated heterocycles. The Morgan fingerprint density at radius 3 is 2.86 bits per heavy atom. The van der Waals surface area contributed by atoms with E-state index in [2.05, 4.69) is 12.2 Å². The molecule has 3 rings (SSSR count). The quantitative estimate of drug-likeness (QED) is 0.901. The third-order valence-electron chi connectivity index (χ3n) is 5.02. The SMILES string of the molecule is C[C@@H](NC(=O)COc1ccccc1Cl)[C@@H]1C[C@@H]2CC[C@@H]1C2.